The minimum atomic E-state index is -0.203. The second-order valence-electron chi connectivity index (χ2n) is 5.08. The molecule has 0 fully saturated rings. The summed E-state index contributed by atoms with van der Waals surface area (Å²) in [5, 5.41) is 5.36. The summed E-state index contributed by atoms with van der Waals surface area (Å²) in [5.41, 5.74) is 6.72. The van der Waals surface area contributed by atoms with E-state index in [9.17, 15) is 4.79 Å². The van der Waals surface area contributed by atoms with Crippen molar-refractivity contribution in [2.45, 2.75) is 18.9 Å². The first-order valence-corrected chi connectivity index (χ1v) is 7.20. The molecular formula is C17H22N2O2. The first-order valence-electron chi connectivity index (χ1n) is 7.20. The Kier molecular flexibility index (Phi) is 5.72. The van der Waals surface area contributed by atoms with Gasteiger partial charge in [0.2, 0.25) is 5.91 Å². The van der Waals surface area contributed by atoms with Crippen molar-refractivity contribution in [2.24, 2.45) is 5.73 Å². The van der Waals surface area contributed by atoms with Gasteiger partial charge >= 0.3 is 0 Å². The van der Waals surface area contributed by atoms with Crippen LogP contribution in [0.15, 0.2) is 42.5 Å². The number of methoxy groups -OCH3 is 1. The van der Waals surface area contributed by atoms with E-state index in [1.54, 1.807) is 7.11 Å². The van der Waals surface area contributed by atoms with Crippen LogP contribution in [-0.2, 0) is 16.0 Å². The van der Waals surface area contributed by atoms with Crippen LogP contribution < -0.4 is 11.1 Å². The minimum absolute atomic E-state index is 0.0203. The number of hydrogen-bond acceptors (Lipinski definition) is 3. The molecule has 0 saturated carbocycles. The molecule has 0 spiro atoms. The molecule has 3 N–H and O–H groups in total. The zero-order chi connectivity index (χ0) is 15.1. The van der Waals surface area contributed by atoms with E-state index in [2.05, 4.69) is 35.6 Å². The molecule has 4 nitrogen and oxygen atoms in total. The molecule has 1 amide bonds. The molecule has 0 aromatic heterocycles. The summed E-state index contributed by atoms with van der Waals surface area (Å²) < 4.78 is 5.10. The third-order valence-corrected chi connectivity index (χ3v) is 3.56. The molecule has 2 rings (SSSR count). The number of rotatable bonds is 7. The Hall–Kier alpha value is -1.91. The van der Waals surface area contributed by atoms with Crippen LogP contribution in [0.5, 0.6) is 0 Å². The van der Waals surface area contributed by atoms with Crippen molar-refractivity contribution in [3.63, 3.8) is 0 Å². The van der Waals surface area contributed by atoms with E-state index in [1.165, 1.54) is 16.3 Å². The number of nitrogens with one attached hydrogen (secondary N) is 1. The van der Waals surface area contributed by atoms with E-state index in [0.717, 1.165) is 6.42 Å². The summed E-state index contributed by atoms with van der Waals surface area (Å²) in [4.78, 5) is 11.7. The predicted octanol–water partition coefficient (Wildman–Crippen LogP) is 1.86. The summed E-state index contributed by atoms with van der Waals surface area (Å²) in [5.74, 6) is -0.0203. The molecule has 0 radical (unpaired) electrons. The van der Waals surface area contributed by atoms with Crippen molar-refractivity contribution in [1.82, 2.24) is 5.32 Å². The molecule has 1 atom stereocenters. The van der Waals surface area contributed by atoms with Gasteiger partial charge in [0.15, 0.2) is 0 Å². The summed E-state index contributed by atoms with van der Waals surface area (Å²) in [7, 11) is 1.57. The van der Waals surface area contributed by atoms with Crippen LogP contribution in [0.2, 0.25) is 0 Å². The van der Waals surface area contributed by atoms with Gasteiger partial charge in [0.25, 0.3) is 0 Å². The topological polar surface area (TPSA) is 64.3 Å². The van der Waals surface area contributed by atoms with Crippen LogP contribution in [0, 0.1) is 0 Å². The predicted molar refractivity (Wildman–Crippen MR) is 85.1 cm³/mol. The maximum Gasteiger partial charge on any atom is 0.222 e. The largest absolute Gasteiger partial charge is 0.380 e. The van der Waals surface area contributed by atoms with Crippen LogP contribution in [0.3, 0.4) is 0 Å². The fraction of sp³-hybridized carbons (Fsp3) is 0.353. The zero-order valence-electron chi connectivity index (χ0n) is 12.3. The lowest BCUT2D eigenvalue weighted by Crippen LogP contribution is -2.33. The fourth-order valence-electron chi connectivity index (χ4n) is 2.28. The third kappa shape index (κ3) is 4.55. The lowest BCUT2D eigenvalue weighted by atomic mass is 10.1. The van der Waals surface area contributed by atoms with Gasteiger partial charge in [-0.05, 0) is 22.8 Å². The Balaban J connectivity index is 1.83. The highest BCUT2D eigenvalue weighted by Gasteiger charge is 2.10. The van der Waals surface area contributed by atoms with Gasteiger partial charge in [-0.15, -0.1) is 0 Å². The monoisotopic (exact) mass is 286 g/mol. The molecule has 0 bridgehead atoms. The van der Waals surface area contributed by atoms with E-state index in [4.69, 9.17) is 10.5 Å². The first kappa shape index (κ1) is 15.5. The van der Waals surface area contributed by atoms with E-state index in [0.29, 0.717) is 19.5 Å². The Morgan fingerprint density at radius 2 is 2.00 bits per heavy atom. The Bertz CT molecular complexity index is 594. The molecule has 0 heterocycles. The molecule has 112 valence electrons. The van der Waals surface area contributed by atoms with Gasteiger partial charge < -0.3 is 15.8 Å². The van der Waals surface area contributed by atoms with Crippen LogP contribution in [0.1, 0.15) is 12.0 Å². The lowest BCUT2D eigenvalue weighted by Gasteiger charge is -2.12. The second-order valence-corrected chi connectivity index (χ2v) is 5.08. The number of amides is 1. The average Bonchev–Trinajstić information content (AvgIpc) is 2.52. The van der Waals surface area contributed by atoms with Crippen molar-refractivity contribution in [1.29, 1.82) is 0 Å². The minimum Gasteiger partial charge on any atom is -0.380 e. The summed E-state index contributed by atoms with van der Waals surface area (Å²) >= 11 is 0. The van der Waals surface area contributed by atoms with Gasteiger partial charge in [-0.3, -0.25) is 4.79 Å². The van der Waals surface area contributed by atoms with Crippen molar-refractivity contribution in [3.8, 4) is 0 Å². The molecule has 4 heteroatoms. The van der Waals surface area contributed by atoms with Crippen LogP contribution >= 0.6 is 0 Å². The molecule has 2 aromatic carbocycles. The molecule has 0 aliphatic carbocycles. The Morgan fingerprint density at radius 1 is 1.24 bits per heavy atom. The number of carbonyl (C=O) groups is 1. The quantitative estimate of drug-likeness (QED) is 0.816. The summed E-state index contributed by atoms with van der Waals surface area (Å²) in [6.07, 6.45) is 0.923. The summed E-state index contributed by atoms with van der Waals surface area (Å²) in [6.45, 7) is 0.979. The van der Waals surface area contributed by atoms with Crippen LogP contribution in [0.25, 0.3) is 10.8 Å². The molecule has 0 saturated heterocycles. The van der Waals surface area contributed by atoms with Crippen LogP contribution in [0.4, 0.5) is 0 Å². The molecule has 21 heavy (non-hydrogen) atoms. The number of fused-ring (bicyclic) bond motifs is 1. The van der Waals surface area contributed by atoms with Crippen molar-refractivity contribution in [2.75, 3.05) is 20.2 Å². The Morgan fingerprint density at radius 3 is 2.71 bits per heavy atom. The highest BCUT2D eigenvalue weighted by molar-refractivity contribution is 5.83. The van der Waals surface area contributed by atoms with Crippen LogP contribution in [-0.4, -0.2) is 32.2 Å². The molecule has 1 unspecified atom stereocenters. The first-order chi connectivity index (χ1) is 10.2. The van der Waals surface area contributed by atoms with E-state index in [-0.39, 0.29) is 12.0 Å². The van der Waals surface area contributed by atoms with E-state index >= 15 is 0 Å². The number of hydrogen-bond donors (Lipinski definition) is 2. The average molecular weight is 286 g/mol. The maximum atomic E-state index is 11.7. The number of benzene rings is 2. The molecule has 0 aliphatic rings. The van der Waals surface area contributed by atoms with Crippen molar-refractivity contribution in [3.05, 3.63) is 48.0 Å². The normalized spacial score (nSPS) is 12.3. The number of nitrogens with two attached hydrogens (primary N) is 1. The van der Waals surface area contributed by atoms with E-state index in [1.807, 2.05) is 12.1 Å². The van der Waals surface area contributed by atoms with Gasteiger partial charge in [0.05, 0.1) is 12.5 Å². The smallest absolute Gasteiger partial charge is 0.222 e. The van der Waals surface area contributed by atoms with Crippen molar-refractivity contribution >= 4 is 16.7 Å². The Labute approximate surface area is 125 Å². The van der Waals surface area contributed by atoms with E-state index < -0.39 is 0 Å². The summed E-state index contributed by atoms with van der Waals surface area (Å²) in [6, 6.07) is 14.6. The SMILES string of the molecule is COC(CN)CC(=O)NCCc1ccc2ccccc2c1. The van der Waals surface area contributed by atoms with Gasteiger partial charge in [0.1, 0.15) is 0 Å². The standard InChI is InChI=1S/C17H22N2O2/c1-21-16(12-18)11-17(20)19-9-8-13-6-7-14-4-2-3-5-15(14)10-13/h2-7,10,16H,8-9,11-12,18H2,1H3,(H,19,20). The molecule has 2 aromatic rings. The van der Waals surface area contributed by atoms with Gasteiger partial charge in [0, 0.05) is 20.2 Å². The van der Waals surface area contributed by atoms with Gasteiger partial charge in [-0.1, -0.05) is 42.5 Å². The fourth-order valence-corrected chi connectivity index (χ4v) is 2.28. The van der Waals surface area contributed by atoms with Gasteiger partial charge in [-0.25, -0.2) is 0 Å². The third-order valence-electron chi connectivity index (χ3n) is 3.56. The molecule has 0 aliphatic heterocycles. The molecular weight excluding hydrogens is 264 g/mol. The number of carbonyl (C=O) groups excluding carboxylic acids is 1. The highest BCUT2D eigenvalue weighted by atomic mass is 16.5. The second kappa shape index (κ2) is 7.76. The maximum absolute atomic E-state index is 11.7. The highest BCUT2D eigenvalue weighted by Crippen LogP contribution is 2.15. The van der Waals surface area contributed by atoms with Crippen molar-refractivity contribution < 1.29 is 9.53 Å². The lowest BCUT2D eigenvalue weighted by molar-refractivity contribution is -0.123. The van der Waals surface area contributed by atoms with Gasteiger partial charge in [-0.2, -0.15) is 0 Å². The zero-order valence-corrected chi connectivity index (χ0v) is 12.3. The number of ether oxygens (including phenoxy) is 1.